The zero-order valence-corrected chi connectivity index (χ0v) is 70.6. The van der Waals surface area contributed by atoms with Gasteiger partial charge in [0.2, 0.25) is 0 Å². The number of fused-ring (bicyclic) bond motifs is 15. The molecule has 0 saturated carbocycles. The number of hydrogen-bond acceptors (Lipinski definition) is 4. The van der Waals surface area contributed by atoms with Crippen molar-refractivity contribution < 1.29 is 0 Å². The Hall–Kier alpha value is -17.5. The SMILES string of the molecule is c1ccc(-c2ccc3c(c2)c2cc(-c4ccc(-c5ccc6c(c5)c5ccccc5n6-c5ccc(-c6nc(-c7ccccc7)c7ccccc7n6)cc5)cc4)ccc2n3-c2ccccc2)cc1.c1ccc(-c2nc(-c3ccc(-n4c5ccccc5c5cc(-c6ccc(-c7ccc8c(c7)c7ccccc7n8-c7ccccc7)cc6)ccc54)c4ccccc34)nc3ccccc23)cc1. The van der Waals surface area contributed by atoms with Crippen LogP contribution in [0.25, 0.3) is 243 Å². The summed E-state index contributed by atoms with van der Waals surface area (Å²) in [6.45, 7) is 0. The highest BCUT2D eigenvalue weighted by molar-refractivity contribution is 6.16. The van der Waals surface area contributed by atoms with Crippen LogP contribution in [-0.4, -0.2) is 38.2 Å². The third-order valence-electron chi connectivity index (χ3n) is 26.1. The second-order valence-electron chi connectivity index (χ2n) is 33.5. The maximum Gasteiger partial charge on any atom is 0.161 e. The van der Waals surface area contributed by atoms with Crippen LogP contribution in [0, 0.1) is 0 Å². The maximum absolute atomic E-state index is 5.26. The van der Waals surface area contributed by atoms with Crippen molar-refractivity contribution in [1.82, 2.24) is 38.2 Å². The molecule has 0 fully saturated rings. The summed E-state index contributed by atoms with van der Waals surface area (Å²) in [5.41, 5.74) is 33.8. The van der Waals surface area contributed by atoms with Gasteiger partial charge in [-0.3, -0.25) is 0 Å². The number of hydrogen-bond donors (Lipinski definition) is 0. The minimum atomic E-state index is 0.714. The molecule has 0 aliphatic carbocycles. The Labute approximate surface area is 749 Å². The van der Waals surface area contributed by atoms with Crippen molar-refractivity contribution >= 4 is 120 Å². The fourth-order valence-electron chi connectivity index (χ4n) is 19.9. The van der Waals surface area contributed by atoms with E-state index in [0.29, 0.717) is 5.82 Å². The summed E-state index contributed by atoms with van der Waals surface area (Å²) >= 11 is 0. The van der Waals surface area contributed by atoms with Gasteiger partial charge in [0, 0.05) is 98.6 Å². The van der Waals surface area contributed by atoms with Gasteiger partial charge in [-0.05, 0) is 213 Å². The average molecular weight is 1660 g/mol. The number of para-hydroxylation sites is 7. The van der Waals surface area contributed by atoms with Gasteiger partial charge >= 0.3 is 0 Å². The lowest BCUT2D eigenvalue weighted by Gasteiger charge is -2.15. The first-order valence-electron chi connectivity index (χ1n) is 44.3. The van der Waals surface area contributed by atoms with E-state index in [1.165, 1.54) is 138 Å². The van der Waals surface area contributed by atoms with Gasteiger partial charge < -0.3 is 18.3 Å². The quantitative estimate of drug-likeness (QED) is 0.115. The summed E-state index contributed by atoms with van der Waals surface area (Å²) in [5, 5.41) is 14.2. The van der Waals surface area contributed by atoms with E-state index in [1.807, 2.05) is 30.3 Å². The highest BCUT2D eigenvalue weighted by Crippen LogP contribution is 2.45. The van der Waals surface area contributed by atoms with E-state index in [9.17, 15) is 0 Å². The Morgan fingerprint density at radius 1 is 0.138 bits per heavy atom. The molecule has 130 heavy (non-hydrogen) atoms. The van der Waals surface area contributed by atoms with Crippen LogP contribution in [0.2, 0.25) is 0 Å². The Balaban J connectivity index is 0.000000140. The lowest BCUT2D eigenvalue weighted by atomic mass is 9.97. The standard InChI is InChI=1S/C62H40N4.C60H38N4/c1-4-14-41(15-5-1)46-30-36-59-54(39-46)55-40-48(32-37-60(55)65(59)49-18-8-3-9-19-49)43-26-24-42(25-27-43)47-31-35-58-53(38-47)51-20-11-13-23-57(51)66(58)50-33-28-45(29-34-50)62-63-56-22-12-10-21-52(56)61(64-62)44-16-6-2-7-17-44;1-3-15-41(16-4-1)59-50-23-9-12-24-53(50)61-60(62-59)49-33-36-56(46-20-8-7-19-45(46)49)64-55-26-14-11-22-48(55)52-38-43(32-35-58(52)64)40-29-27-39(28-30-40)42-31-34-57-51(37-42)47-21-10-13-25-54(47)63(57)44-17-5-2-6-18-44/h1-40H;1-38H. The van der Waals surface area contributed by atoms with Crippen LogP contribution in [0.15, 0.2) is 473 Å². The summed E-state index contributed by atoms with van der Waals surface area (Å²) < 4.78 is 9.54. The van der Waals surface area contributed by atoms with Crippen molar-refractivity contribution in [3.8, 4) is 124 Å². The highest BCUT2D eigenvalue weighted by Gasteiger charge is 2.24. The van der Waals surface area contributed by atoms with Crippen LogP contribution in [-0.2, 0) is 0 Å². The summed E-state index contributed by atoms with van der Waals surface area (Å²) in [4.78, 5) is 20.5. The Kier molecular flexibility index (Phi) is 18.1. The lowest BCUT2D eigenvalue weighted by Crippen LogP contribution is -1.99. The van der Waals surface area contributed by atoms with Crippen molar-refractivity contribution in [2.75, 3.05) is 0 Å². The van der Waals surface area contributed by atoms with Gasteiger partial charge in [-0.25, -0.2) is 19.9 Å². The van der Waals surface area contributed by atoms with Crippen LogP contribution in [0.4, 0.5) is 0 Å². The average Bonchev–Trinajstić information content (AvgIpc) is 1.57. The zero-order chi connectivity index (χ0) is 85.7. The number of nitrogens with zero attached hydrogens (tertiary/aromatic N) is 8. The smallest absolute Gasteiger partial charge is 0.161 e. The molecule has 26 aromatic rings. The zero-order valence-electron chi connectivity index (χ0n) is 70.6. The molecule has 8 nitrogen and oxygen atoms in total. The van der Waals surface area contributed by atoms with Crippen LogP contribution < -0.4 is 0 Å². The molecule has 0 atom stereocenters. The first-order chi connectivity index (χ1) is 64.5. The van der Waals surface area contributed by atoms with E-state index in [4.69, 9.17) is 19.9 Å². The van der Waals surface area contributed by atoms with E-state index in [1.54, 1.807) is 0 Å². The van der Waals surface area contributed by atoms with E-state index < -0.39 is 0 Å². The van der Waals surface area contributed by atoms with Gasteiger partial charge in [0.15, 0.2) is 11.6 Å². The van der Waals surface area contributed by atoms with Gasteiger partial charge in [-0.1, -0.05) is 322 Å². The van der Waals surface area contributed by atoms with Crippen molar-refractivity contribution in [1.29, 1.82) is 0 Å². The second-order valence-corrected chi connectivity index (χ2v) is 33.5. The molecule has 6 heterocycles. The maximum atomic E-state index is 5.26. The first kappa shape index (κ1) is 75.1. The molecule has 26 rings (SSSR count). The molecule has 0 unspecified atom stereocenters. The normalized spacial score (nSPS) is 11.7. The fourth-order valence-corrected chi connectivity index (χ4v) is 19.9. The molecule has 0 bridgehead atoms. The molecular weight excluding hydrogens is 1580 g/mol. The summed E-state index contributed by atoms with van der Waals surface area (Å²) in [7, 11) is 0. The Morgan fingerprint density at radius 3 is 0.800 bits per heavy atom. The lowest BCUT2D eigenvalue weighted by molar-refractivity contribution is 1.17. The monoisotopic (exact) mass is 1650 g/mol. The third kappa shape index (κ3) is 12.9. The summed E-state index contributed by atoms with van der Waals surface area (Å²) in [6.07, 6.45) is 0. The molecule has 8 heteroatoms. The topological polar surface area (TPSA) is 71.3 Å². The minimum absolute atomic E-state index is 0.714. The van der Waals surface area contributed by atoms with Crippen molar-refractivity contribution in [3.63, 3.8) is 0 Å². The van der Waals surface area contributed by atoms with E-state index in [-0.39, 0.29) is 0 Å². The molecule has 20 aromatic carbocycles. The molecule has 0 N–H and O–H groups in total. The number of benzene rings is 20. The predicted octanol–water partition coefficient (Wildman–Crippen LogP) is 31.8. The first-order valence-corrected chi connectivity index (χ1v) is 44.3. The van der Waals surface area contributed by atoms with Crippen LogP contribution in [0.3, 0.4) is 0 Å². The molecule has 0 aliphatic heterocycles. The molecule has 606 valence electrons. The van der Waals surface area contributed by atoms with Gasteiger partial charge in [-0.2, -0.15) is 0 Å². The number of rotatable bonds is 13. The van der Waals surface area contributed by atoms with Gasteiger partial charge in [-0.15, -0.1) is 0 Å². The Bertz CT molecular complexity index is 8920. The second kappa shape index (κ2) is 31.3. The van der Waals surface area contributed by atoms with E-state index >= 15 is 0 Å². The van der Waals surface area contributed by atoms with Crippen molar-refractivity contribution in [2.45, 2.75) is 0 Å². The van der Waals surface area contributed by atoms with Crippen LogP contribution in [0.5, 0.6) is 0 Å². The summed E-state index contributed by atoms with van der Waals surface area (Å²) in [6, 6.07) is 170. The summed E-state index contributed by atoms with van der Waals surface area (Å²) in [5.74, 6) is 1.43. The predicted molar refractivity (Wildman–Crippen MR) is 543 cm³/mol. The minimum Gasteiger partial charge on any atom is -0.309 e. The van der Waals surface area contributed by atoms with Crippen molar-refractivity contribution in [2.24, 2.45) is 0 Å². The molecule has 0 amide bonds. The van der Waals surface area contributed by atoms with Crippen LogP contribution >= 0.6 is 0 Å². The van der Waals surface area contributed by atoms with Gasteiger partial charge in [0.1, 0.15) is 0 Å². The van der Waals surface area contributed by atoms with E-state index in [0.717, 1.165) is 100 Å². The molecular formula is C122H78N8. The number of aromatic nitrogens is 8. The largest absolute Gasteiger partial charge is 0.309 e. The molecule has 0 radical (unpaired) electrons. The van der Waals surface area contributed by atoms with Crippen molar-refractivity contribution in [3.05, 3.63) is 473 Å². The van der Waals surface area contributed by atoms with Gasteiger partial charge in [0.05, 0.1) is 72.2 Å². The molecule has 0 saturated heterocycles. The van der Waals surface area contributed by atoms with Gasteiger partial charge in [0.25, 0.3) is 0 Å². The molecule has 0 aliphatic rings. The van der Waals surface area contributed by atoms with E-state index in [2.05, 4.69) is 461 Å². The Morgan fingerprint density at radius 2 is 0.400 bits per heavy atom. The molecule has 0 spiro atoms. The fraction of sp³-hybridized carbons (Fsp3) is 0. The molecule has 6 aromatic heterocycles. The highest BCUT2D eigenvalue weighted by atomic mass is 15.0. The van der Waals surface area contributed by atoms with Crippen LogP contribution in [0.1, 0.15) is 0 Å². The third-order valence-corrected chi connectivity index (χ3v) is 26.1.